The third-order valence-electron chi connectivity index (χ3n) is 11.1. The fraction of sp³-hybridized carbons (Fsp3) is 0.738. The highest BCUT2D eigenvalue weighted by atomic mass is 16.4. The molecular weight excluding hydrogens is 899 g/mol. The van der Waals surface area contributed by atoms with Gasteiger partial charge in [0, 0.05) is 0 Å². The largest absolute Gasteiger partial charge is 0.481 e. The van der Waals surface area contributed by atoms with Crippen molar-refractivity contribution in [3.63, 3.8) is 0 Å². The quantitative estimate of drug-likeness (QED) is 0.0282. The molecule has 0 fully saturated rings. The van der Waals surface area contributed by atoms with Crippen LogP contribution in [0.15, 0.2) is 0 Å². The van der Waals surface area contributed by atoms with E-state index < -0.39 is 162 Å². The van der Waals surface area contributed by atoms with Gasteiger partial charge >= 0.3 is 11.9 Å². The smallest absolute Gasteiger partial charge is 0.326 e. The molecule has 0 heterocycles. The third kappa shape index (κ3) is 21.3. The number of hydrogen-bond donors (Lipinski definition) is 15. The minimum absolute atomic E-state index is 0.0736. The lowest BCUT2D eigenvalue weighted by Gasteiger charge is -2.31. The molecule has 0 aromatic carbocycles. The van der Waals surface area contributed by atoms with Crippen LogP contribution in [0.4, 0.5) is 0 Å². The molecule has 0 rings (SSSR count). The van der Waals surface area contributed by atoms with Gasteiger partial charge in [-0.3, -0.25) is 47.9 Å². The van der Waals surface area contributed by atoms with E-state index in [-0.39, 0.29) is 19.4 Å². The molecule has 0 aromatic rings. The maximum atomic E-state index is 13.8. The van der Waals surface area contributed by atoms with Crippen molar-refractivity contribution in [2.45, 2.75) is 174 Å². The molecule has 0 saturated heterocycles. The molecule has 0 bridgehead atoms. The average molecular weight is 974 g/mol. The standard InChI is InChI=1S/C42H75N11O15/c1-10-19(5)31(39(64)50-30(18(3)4)42(67)68)51-40(65)32(20(6)11-2)52-41(66)33(23(9)55)53-35(60)24(14-12-13-15-43)47-34(59)21(7)46-36(61)25(16-27(44)56)48-37(62)26(17-28(57)58)49-38(63)29(45)22(8)54/h18-26,29-33,54-55H,10-17,43,45H2,1-9H3,(H2,44,56)(H,46,61)(H,47,59)(H,48,62)(H,49,63)(H,50,64)(H,51,65)(H,52,66)(H,53,60)(H,57,58)(H,67,68). The Hall–Kier alpha value is -5.99. The van der Waals surface area contributed by atoms with Crippen LogP contribution in [0.3, 0.4) is 0 Å². The van der Waals surface area contributed by atoms with Crippen molar-refractivity contribution in [1.82, 2.24) is 42.5 Å². The van der Waals surface area contributed by atoms with Gasteiger partial charge in [0.2, 0.25) is 53.2 Å². The minimum Gasteiger partial charge on any atom is -0.481 e. The predicted octanol–water partition coefficient (Wildman–Crippen LogP) is -4.71. The maximum absolute atomic E-state index is 13.8. The zero-order chi connectivity index (χ0) is 52.7. The number of aliphatic hydroxyl groups is 2. The molecule has 68 heavy (non-hydrogen) atoms. The fourth-order valence-corrected chi connectivity index (χ4v) is 6.30. The first-order chi connectivity index (χ1) is 31.5. The summed E-state index contributed by atoms with van der Waals surface area (Å²) in [4.78, 5) is 142. The van der Waals surface area contributed by atoms with E-state index in [0.717, 1.165) is 0 Å². The molecule has 13 atom stereocenters. The Morgan fingerprint density at radius 1 is 0.485 bits per heavy atom. The number of unbranched alkanes of at least 4 members (excludes halogenated alkanes) is 1. The molecule has 0 spiro atoms. The van der Waals surface area contributed by atoms with Gasteiger partial charge in [0.05, 0.1) is 25.0 Å². The maximum Gasteiger partial charge on any atom is 0.326 e. The van der Waals surface area contributed by atoms with E-state index in [1.54, 1.807) is 41.5 Å². The number of nitrogens with one attached hydrogen (secondary N) is 8. The first-order valence-corrected chi connectivity index (χ1v) is 22.5. The number of primary amides is 1. The summed E-state index contributed by atoms with van der Waals surface area (Å²) < 4.78 is 0. The second-order valence-electron chi connectivity index (χ2n) is 17.3. The van der Waals surface area contributed by atoms with Gasteiger partial charge in [0.15, 0.2) is 0 Å². The van der Waals surface area contributed by atoms with Crippen LogP contribution in [0.2, 0.25) is 0 Å². The highest BCUT2D eigenvalue weighted by Gasteiger charge is 2.38. The summed E-state index contributed by atoms with van der Waals surface area (Å²) in [7, 11) is 0. The number of carbonyl (C=O) groups is 11. The number of carboxylic acids is 2. The first-order valence-electron chi connectivity index (χ1n) is 22.5. The summed E-state index contributed by atoms with van der Waals surface area (Å²) in [6.07, 6.45) is -3.55. The van der Waals surface area contributed by atoms with Crippen LogP contribution < -0.4 is 59.7 Å². The van der Waals surface area contributed by atoms with E-state index in [0.29, 0.717) is 19.3 Å². The Labute approximate surface area is 395 Å². The van der Waals surface area contributed by atoms with Gasteiger partial charge in [-0.2, -0.15) is 0 Å². The summed E-state index contributed by atoms with van der Waals surface area (Å²) in [5.41, 5.74) is 16.5. The van der Waals surface area contributed by atoms with Crippen molar-refractivity contribution in [1.29, 1.82) is 0 Å². The highest BCUT2D eigenvalue weighted by Crippen LogP contribution is 2.15. The lowest BCUT2D eigenvalue weighted by atomic mass is 9.94. The van der Waals surface area contributed by atoms with Gasteiger partial charge < -0.3 is 80.2 Å². The van der Waals surface area contributed by atoms with Crippen molar-refractivity contribution in [2.24, 2.45) is 35.0 Å². The van der Waals surface area contributed by atoms with E-state index in [2.05, 4.69) is 42.5 Å². The number of hydrogen-bond acceptors (Lipinski definition) is 15. The topological polar surface area (TPSA) is 443 Å². The van der Waals surface area contributed by atoms with Crippen LogP contribution in [0.1, 0.15) is 107 Å². The lowest BCUT2D eigenvalue weighted by Crippen LogP contribution is -2.63. The third-order valence-corrected chi connectivity index (χ3v) is 11.1. The molecule has 0 aliphatic heterocycles. The van der Waals surface area contributed by atoms with Crippen molar-refractivity contribution in [2.75, 3.05) is 6.54 Å². The van der Waals surface area contributed by atoms with E-state index in [9.17, 15) is 73.2 Å². The predicted molar refractivity (Wildman–Crippen MR) is 243 cm³/mol. The van der Waals surface area contributed by atoms with Gasteiger partial charge in [-0.15, -0.1) is 0 Å². The lowest BCUT2D eigenvalue weighted by molar-refractivity contribution is -0.144. The Morgan fingerprint density at radius 3 is 1.31 bits per heavy atom. The van der Waals surface area contributed by atoms with Crippen LogP contribution in [0.25, 0.3) is 0 Å². The zero-order valence-corrected chi connectivity index (χ0v) is 40.3. The van der Waals surface area contributed by atoms with Crippen LogP contribution in [-0.2, 0) is 52.7 Å². The number of amides is 9. The SMILES string of the molecule is CCC(C)C(NC(=O)C(NC(=O)C(CCCCN)NC(=O)C(C)NC(=O)C(CC(N)=O)NC(=O)C(CC(=O)O)NC(=O)C(N)C(C)O)C(C)O)C(=O)NC(C(=O)NC(C(=O)O)C(C)C)C(C)CC. The second-order valence-corrected chi connectivity index (χ2v) is 17.3. The van der Waals surface area contributed by atoms with Crippen molar-refractivity contribution in [3.8, 4) is 0 Å². The second kappa shape index (κ2) is 30.4. The van der Waals surface area contributed by atoms with Crippen LogP contribution >= 0.6 is 0 Å². The van der Waals surface area contributed by atoms with Gasteiger partial charge in [-0.05, 0) is 64.3 Å². The van der Waals surface area contributed by atoms with E-state index >= 15 is 0 Å². The normalized spacial score (nSPS) is 17.0. The van der Waals surface area contributed by atoms with E-state index in [4.69, 9.17) is 17.2 Å². The monoisotopic (exact) mass is 974 g/mol. The molecule has 18 N–H and O–H groups in total. The molecule has 13 unspecified atom stereocenters. The number of carbonyl (C=O) groups excluding carboxylic acids is 9. The number of carboxylic acid groups (broad SMARTS) is 2. The van der Waals surface area contributed by atoms with Crippen molar-refractivity contribution < 1.29 is 73.2 Å². The van der Waals surface area contributed by atoms with E-state index in [1.807, 2.05) is 0 Å². The van der Waals surface area contributed by atoms with E-state index in [1.165, 1.54) is 20.8 Å². The average Bonchev–Trinajstić information content (AvgIpc) is 3.25. The minimum atomic E-state index is -1.85. The van der Waals surface area contributed by atoms with Gasteiger partial charge in [0.25, 0.3) is 0 Å². The van der Waals surface area contributed by atoms with Crippen LogP contribution in [0, 0.1) is 17.8 Å². The van der Waals surface area contributed by atoms with Crippen molar-refractivity contribution >= 4 is 65.1 Å². The molecule has 26 nitrogen and oxygen atoms in total. The van der Waals surface area contributed by atoms with Crippen molar-refractivity contribution in [3.05, 3.63) is 0 Å². The molecule has 0 aliphatic rings. The van der Waals surface area contributed by atoms with Crippen LogP contribution in [0.5, 0.6) is 0 Å². The number of nitrogens with two attached hydrogens (primary N) is 3. The molecular formula is C42H75N11O15. The summed E-state index contributed by atoms with van der Waals surface area (Å²) >= 11 is 0. The van der Waals surface area contributed by atoms with Gasteiger partial charge in [-0.25, -0.2) is 4.79 Å². The highest BCUT2D eigenvalue weighted by molar-refractivity contribution is 5.99. The number of rotatable bonds is 32. The molecule has 26 heteroatoms. The first kappa shape index (κ1) is 62.0. The number of aliphatic carboxylic acids is 2. The van der Waals surface area contributed by atoms with Crippen LogP contribution in [-0.4, -0.2) is 159 Å². The molecule has 0 aromatic heterocycles. The number of aliphatic hydroxyl groups excluding tert-OH is 2. The Kier molecular flexibility index (Phi) is 27.7. The summed E-state index contributed by atoms with van der Waals surface area (Å²) in [6, 6.07) is -13.7. The summed E-state index contributed by atoms with van der Waals surface area (Å²) in [6.45, 7) is 13.7. The molecule has 9 amide bonds. The molecule has 388 valence electrons. The Morgan fingerprint density at radius 2 is 0.897 bits per heavy atom. The summed E-state index contributed by atoms with van der Waals surface area (Å²) in [5.74, 6) is -13.6. The molecule has 0 saturated carbocycles. The van der Waals surface area contributed by atoms with Gasteiger partial charge in [0.1, 0.15) is 54.4 Å². The Balaban J connectivity index is 6.40. The molecule has 0 aliphatic carbocycles. The summed E-state index contributed by atoms with van der Waals surface area (Å²) in [5, 5.41) is 58.2. The zero-order valence-electron chi connectivity index (χ0n) is 40.3. The fourth-order valence-electron chi connectivity index (χ4n) is 6.30. The Bertz CT molecular complexity index is 1770. The van der Waals surface area contributed by atoms with Gasteiger partial charge in [-0.1, -0.05) is 54.4 Å². The molecule has 0 radical (unpaired) electrons.